The highest BCUT2D eigenvalue weighted by atomic mass is 79.9. The Morgan fingerprint density at radius 2 is 2.24 bits per heavy atom. The summed E-state index contributed by atoms with van der Waals surface area (Å²) in [6.07, 6.45) is 3.07. The number of hydrogen-bond donors (Lipinski definition) is 4. The molecule has 110 valence electrons. The average Bonchev–Trinajstić information content (AvgIpc) is 2.93. The van der Waals surface area contributed by atoms with Crippen LogP contribution in [-0.2, 0) is 11.2 Å². The van der Waals surface area contributed by atoms with Gasteiger partial charge in [-0.3, -0.25) is 4.79 Å². The molecule has 0 bridgehead atoms. The van der Waals surface area contributed by atoms with Crippen LogP contribution < -0.4 is 11.1 Å². The topological polar surface area (TPSA) is 121 Å². The highest BCUT2D eigenvalue weighted by Gasteiger charge is 2.22. The molecule has 0 aliphatic rings. The summed E-state index contributed by atoms with van der Waals surface area (Å²) in [6, 6.07) is 3.69. The van der Waals surface area contributed by atoms with E-state index in [1.807, 2.05) is 0 Å². The second-order valence-corrected chi connectivity index (χ2v) is 5.24. The Bertz CT molecular complexity index is 657. The van der Waals surface area contributed by atoms with Gasteiger partial charge in [0.1, 0.15) is 6.04 Å². The highest BCUT2D eigenvalue weighted by molar-refractivity contribution is 9.10. The minimum atomic E-state index is -1.13. The first kappa shape index (κ1) is 15.0. The Morgan fingerprint density at radius 3 is 2.86 bits per heavy atom. The number of benzene rings is 1. The molecule has 1 atom stereocenters. The minimum Gasteiger partial charge on any atom is -0.480 e. The lowest BCUT2D eigenvalue weighted by atomic mass is 10.1. The van der Waals surface area contributed by atoms with Gasteiger partial charge in [0.2, 0.25) is 0 Å². The molecule has 2 rings (SSSR count). The molecule has 0 spiro atoms. The lowest BCUT2D eigenvalue weighted by molar-refractivity contribution is -0.139. The number of nitrogens with zero attached hydrogens (tertiary/aromatic N) is 1. The first-order chi connectivity index (χ1) is 9.97. The van der Waals surface area contributed by atoms with Crippen LogP contribution >= 0.6 is 15.9 Å². The van der Waals surface area contributed by atoms with E-state index in [2.05, 4.69) is 31.2 Å². The van der Waals surface area contributed by atoms with E-state index >= 15 is 0 Å². The normalized spacial score (nSPS) is 11.9. The monoisotopic (exact) mass is 352 g/mol. The van der Waals surface area contributed by atoms with Gasteiger partial charge in [0.05, 0.1) is 11.9 Å². The molecule has 1 aromatic carbocycles. The van der Waals surface area contributed by atoms with Gasteiger partial charge in [-0.1, -0.05) is 0 Å². The summed E-state index contributed by atoms with van der Waals surface area (Å²) in [6.45, 7) is 0. The van der Waals surface area contributed by atoms with E-state index in [9.17, 15) is 14.7 Å². The van der Waals surface area contributed by atoms with Gasteiger partial charge in [-0.05, 0) is 34.1 Å². The molecular formula is C13H13BrN4O3. The van der Waals surface area contributed by atoms with Crippen LogP contribution in [0.1, 0.15) is 16.1 Å². The molecule has 0 saturated heterocycles. The van der Waals surface area contributed by atoms with E-state index < -0.39 is 17.9 Å². The zero-order valence-electron chi connectivity index (χ0n) is 10.8. The minimum absolute atomic E-state index is 0.112. The summed E-state index contributed by atoms with van der Waals surface area (Å²) in [7, 11) is 0. The Kier molecular flexibility index (Phi) is 4.59. The van der Waals surface area contributed by atoms with Crippen molar-refractivity contribution in [1.82, 2.24) is 15.3 Å². The van der Waals surface area contributed by atoms with E-state index in [4.69, 9.17) is 5.73 Å². The maximum absolute atomic E-state index is 12.2. The fourth-order valence-electron chi connectivity index (χ4n) is 1.77. The van der Waals surface area contributed by atoms with Crippen LogP contribution in [0.4, 0.5) is 5.69 Å². The van der Waals surface area contributed by atoms with E-state index in [0.717, 1.165) is 0 Å². The number of nitrogen functional groups attached to an aromatic ring is 1. The third-order valence-corrected chi connectivity index (χ3v) is 3.51. The van der Waals surface area contributed by atoms with Gasteiger partial charge in [-0.2, -0.15) is 0 Å². The van der Waals surface area contributed by atoms with Gasteiger partial charge in [-0.15, -0.1) is 0 Å². The lowest BCUT2D eigenvalue weighted by Gasteiger charge is -2.14. The number of amides is 1. The molecule has 0 unspecified atom stereocenters. The molecule has 7 nitrogen and oxygen atoms in total. The molecule has 1 amide bonds. The number of carboxylic acids is 1. The van der Waals surface area contributed by atoms with Crippen molar-refractivity contribution in [3.8, 4) is 0 Å². The van der Waals surface area contributed by atoms with Crippen molar-refractivity contribution in [3.63, 3.8) is 0 Å². The third kappa shape index (κ3) is 3.82. The molecule has 1 heterocycles. The Hall–Kier alpha value is -2.35. The number of aliphatic carboxylic acids is 1. The number of anilines is 1. The second kappa shape index (κ2) is 6.40. The number of halogens is 1. The number of carbonyl (C=O) groups excluding carboxylic acids is 1. The van der Waals surface area contributed by atoms with E-state index in [1.54, 1.807) is 12.1 Å². The van der Waals surface area contributed by atoms with Crippen LogP contribution in [0.3, 0.4) is 0 Å². The maximum atomic E-state index is 12.2. The first-order valence-corrected chi connectivity index (χ1v) is 6.82. The molecule has 0 saturated carbocycles. The van der Waals surface area contributed by atoms with Crippen molar-refractivity contribution in [2.45, 2.75) is 12.5 Å². The SMILES string of the molecule is Nc1ccc(Br)c(C(=O)N[C@@H](Cc2cnc[nH]2)C(=O)O)c1. The molecule has 8 heteroatoms. The number of H-pyrrole nitrogens is 1. The van der Waals surface area contributed by atoms with Crippen molar-refractivity contribution in [2.75, 3.05) is 5.73 Å². The molecule has 0 fully saturated rings. The Morgan fingerprint density at radius 1 is 1.48 bits per heavy atom. The van der Waals surface area contributed by atoms with Crippen molar-refractivity contribution < 1.29 is 14.7 Å². The summed E-state index contributed by atoms with van der Waals surface area (Å²) in [5.41, 5.74) is 6.96. The van der Waals surface area contributed by atoms with Crippen LogP contribution in [0.2, 0.25) is 0 Å². The van der Waals surface area contributed by atoms with E-state index in [1.165, 1.54) is 18.6 Å². The molecule has 0 aliphatic carbocycles. The summed E-state index contributed by atoms with van der Waals surface area (Å²) >= 11 is 3.24. The van der Waals surface area contributed by atoms with Gasteiger partial charge in [0, 0.05) is 28.5 Å². The van der Waals surface area contributed by atoms with Crippen molar-refractivity contribution in [1.29, 1.82) is 0 Å². The second-order valence-electron chi connectivity index (χ2n) is 4.38. The third-order valence-electron chi connectivity index (χ3n) is 2.82. The molecule has 5 N–H and O–H groups in total. The fraction of sp³-hybridized carbons (Fsp3) is 0.154. The number of carbonyl (C=O) groups is 2. The van der Waals surface area contributed by atoms with Crippen LogP contribution in [0.15, 0.2) is 35.2 Å². The number of rotatable bonds is 5. The number of carboxylic acid groups (broad SMARTS) is 1. The highest BCUT2D eigenvalue weighted by Crippen LogP contribution is 2.19. The summed E-state index contributed by atoms with van der Waals surface area (Å²) in [5.74, 6) is -1.64. The molecule has 2 aromatic rings. The molecule has 0 radical (unpaired) electrons. The van der Waals surface area contributed by atoms with Crippen molar-refractivity contribution >= 4 is 33.5 Å². The Labute approximate surface area is 128 Å². The number of aromatic amines is 1. The number of imidazole rings is 1. The molecular weight excluding hydrogens is 340 g/mol. The number of aromatic nitrogens is 2. The van der Waals surface area contributed by atoms with E-state index in [-0.39, 0.29) is 12.0 Å². The summed E-state index contributed by atoms with van der Waals surface area (Å²) < 4.78 is 0.542. The van der Waals surface area contributed by atoms with Crippen LogP contribution in [0.5, 0.6) is 0 Å². The quantitative estimate of drug-likeness (QED) is 0.602. The van der Waals surface area contributed by atoms with Crippen LogP contribution in [-0.4, -0.2) is 33.0 Å². The van der Waals surface area contributed by atoms with Gasteiger partial charge < -0.3 is 21.1 Å². The molecule has 1 aromatic heterocycles. The number of nitrogens with one attached hydrogen (secondary N) is 2. The standard InChI is InChI=1S/C13H13BrN4O3/c14-10-2-1-7(15)3-9(10)12(19)18-11(13(20)21)4-8-5-16-6-17-8/h1-3,5-6,11H,4,15H2,(H,16,17)(H,18,19)(H,20,21)/t11-/m0/s1. The zero-order chi connectivity index (χ0) is 15.4. The largest absolute Gasteiger partial charge is 0.480 e. The molecule has 21 heavy (non-hydrogen) atoms. The van der Waals surface area contributed by atoms with Crippen LogP contribution in [0, 0.1) is 0 Å². The van der Waals surface area contributed by atoms with Crippen molar-refractivity contribution in [2.24, 2.45) is 0 Å². The number of nitrogens with two attached hydrogens (primary N) is 1. The smallest absolute Gasteiger partial charge is 0.326 e. The van der Waals surface area contributed by atoms with Gasteiger partial charge in [0.15, 0.2) is 0 Å². The maximum Gasteiger partial charge on any atom is 0.326 e. The Balaban J connectivity index is 2.14. The average molecular weight is 353 g/mol. The summed E-state index contributed by atoms with van der Waals surface area (Å²) in [4.78, 5) is 30.0. The summed E-state index contributed by atoms with van der Waals surface area (Å²) in [5, 5.41) is 11.7. The van der Waals surface area contributed by atoms with Crippen LogP contribution in [0.25, 0.3) is 0 Å². The lowest BCUT2D eigenvalue weighted by Crippen LogP contribution is -2.42. The molecule has 0 aliphatic heterocycles. The number of hydrogen-bond acceptors (Lipinski definition) is 4. The van der Waals surface area contributed by atoms with Gasteiger partial charge >= 0.3 is 5.97 Å². The fourth-order valence-corrected chi connectivity index (χ4v) is 2.20. The predicted molar refractivity (Wildman–Crippen MR) is 79.7 cm³/mol. The van der Waals surface area contributed by atoms with E-state index in [0.29, 0.717) is 15.9 Å². The first-order valence-electron chi connectivity index (χ1n) is 6.03. The van der Waals surface area contributed by atoms with Crippen molar-refractivity contribution in [3.05, 3.63) is 46.5 Å². The predicted octanol–water partition coefficient (Wildman–Crippen LogP) is 1.18. The van der Waals surface area contributed by atoms with Gasteiger partial charge in [-0.25, -0.2) is 9.78 Å². The van der Waals surface area contributed by atoms with Gasteiger partial charge in [0.25, 0.3) is 5.91 Å². The zero-order valence-corrected chi connectivity index (χ0v) is 12.4.